The Morgan fingerprint density at radius 1 is 0.976 bits per heavy atom. The molecule has 0 amide bonds. The number of nitrogens with one attached hydrogen (secondary N) is 2. The van der Waals surface area contributed by atoms with Crippen molar-refractivity contribution in [1.82, 2.24) is 19.9 Å². The number of ether oxygens (including phenoxy) is 4. The molecule has 3 aromatic heterocycles. The Morgan fingerprint density at radius 3 is 2.32 bits per heavy atom. The molecule has 0 saturated carbocycles. The fourth-order valence-corrected chi connectivity index (χ4v) is 4.38. The third-order valence-electron chi connectivity index (χ3n) is 5.50. The summed E-state index contributed by atoms with van der Waals surface area (Å²) in [5.74, 6) is 0.144. The van der Waals surface area contributed by atoms with E-state index in [2.05, 4.69) is 31.2 Å². The second kappa shape index (κ2) is 13.5. The van der Waals surface area contributed by atoms with Gasteiger partial charge in [-0.15, -0.1) is 0 Å². The number of aromatic nitrogens is 4. The van der Waals surface area contributed by atoms with Crippen LogP contribution in [0, 0.1) is 5.41 Å². The number of nitrogens with zero attached hydrogens (tertiary/aromatic N) is 4. The molecule has 0 radical (unpaired) electrons. The van der Waals surface area contributed by atoms with Crippen LogP contribution in [0.2, 0.25) is 0 Å². The summed E-state index contributed by atoms with van der Waals surface area (Å²) >= 11 is 0. The summed E-state index contributed by atoms with van der Waals surface area (Å²) in [7, 11) is -0.0680. The van der Waals surface area contributed by atoms with E-state index in [0.717, 1.165) is 5.57 Å². The molecule has 0 fully saturated rings. The standard InChI is InChI=1S/C27H26N6O6S.Na.H/c1-16(2)18-10-11-22(30-15-18)40(34,35)33-26-23(39-21-9-7-6-8-20(21)36-3)27(38-5)32-25(31-26)17-12-13-29-19(14-17)24(28)37-4;;/h6-15,28H,1H2,2-5H3,(H,31,32,33);;. The van der Waals surface area contributed by atoms with Gasteiger partial charge in [-0.3, -0.25) is 15.1 Å². The predicted octanol–water partition coefficient (Wildman–Crippen LogP) is 3.90. The monoisotopic (exact) mass is 586 g/mol. The summed E-state index contributed by atoms with van der Waals surface area (Å²) in [6, 6.07) is 12.9. The van der Waals surface area contributed by atoms with Crippen molar-refractivity contribution < 1.29 is 27.4 Å². The molecule has 4 rings (SSSR count). The average Bonchev–Trinajstić information content (AvgIpc) is 2.97. The van der Waals surface area contributed by atoms with Crippen LogP contribution in [0.4, 0.5) is 5.82 Å². The first-order chi connectivity index (χ1) is 19.2. The van der Waals surface area contributed by atoms with E-state index in [9.17, 15) is 8.42 Å². The van der Waals surface area contributed by atoms with Crippen molar-refractivity contribution in [1.29, 1.82) is 5.41 Å². The molecule has 4 aromatic rings. The van der Waals surface area contributed by atoms with Crippen LogP contribution in [-0.2, 0) is 14.8 Å². The maximum atomic E-state index is 13.4. The average molecular weight is 587 g/mol. The molecule has 41 heavy (non-hydrogen) atoms. The fraction of sp³-hybridized carbons (Fsp3) is 0.148. The molecular formula is C27H27N6NaO6S. The number of pyridine rings is 2. The van der Waals surface area contributed by atoms with Crippen LogP contribution < -0.4 is 18.9 Å². The fourth-order valence-electron chi connectivity index (χ4n) is 3.44. The van der Waals surface area contributed by atoms with Crippen molar-refractivity contribution in [3.05, 3.63) is 78.8 Å². The first-order valence-electron chi connectivity index (χ1n) is 11.7. The zero-order valence-electron chi connectivity index (χ0n) is 22.1. The summed E-state index contributed by atoms with van der Waals surface area (Å²) < 4.78 is 51.1. The summed E-state index contributed by atoms with van der Waals surface area (Å²) in [4.78, 5) is 17.1. The normalized spacial score (nSPS) is 10.6. The Bertz CT molecular complexity index is 1680. The maximum absolute atomic E-state index is 13.4. The third kappa shape index (κ3) is 7.19. The summed E-state index contributed by atoms with van der Waals surface area (Å²) in [6.07, 6.45) is 2.86. The molecule has 208 valence electrons. The first kappa shape index (κ1) is 31.5. The van der Waals surface area contributed by atoms with E-state index in [-0.39, 0.29) is 75.2 Å². The zero-order valence-corrected chi connectivity index (χ0v) is 22.9. The van der Waals surface area contributed by atoms with Gasteiger partial charge in [-0.25, -0.2) is 9.97 Å². The van der Waals surface area contributed by atoms with Gasteiger partial charge in [-0.2, -0.15) is 13.4 Å². The Labute approximate surface area is 259 Å². The molecule has 0 spiro atoms. The van der Waals surface area contributed by atoms with Gasteiger partial charge in [0.05, 0.1) is 21.3 Å². The van der Waals surface area contributed by atoms with Gasteiger partial charge in [0.25, 0.3) is 15.9 Å². The number of allylic oxidation sites excluding steroid dienone is 1. The molecule has 0 aliphatic rings. The van der Waals surface area contributed by atoms with Crippen molar-refractivity contribution in [2.45, 2.75) is 11.9 Å². The molecule has 3 heterocycles. The van der Waals surface area contributed by atoms with Crippen molar-refractivity contribution >= 4 is 56.9 Å². The van der Waals surface area contributed by atoms with Gasteiger partial charge in [-0.1, -0.05) is 24.8 Å². The SMILES string of the molecule is C=C(C)c1ccc(S(=O)(=O)Nc2nc(-c3ccnc(C(=N)OC)c3)nc(OC)c2Oc2ccccc2OC)nc1.[NaH]. The van der Waals surface area contributed by atoms with Gasteiger partial charge >= 0.3 is 29.6 Å². The minimum absolute atomic E-state index is 0. The van der Waals surface area contributed by atoms with Gasteiger partial charge in [-0.05, 0) is 48.4 Å². The number of hydrogen-bond donors (Lipinski definition) is 2. The Balaban J connectivity index is 0.00000462. The molecule has 0 aliphatic heterocycles. The first-order valence-corrected chi connectivity index (χ1v) is 13.2. The Morgan fingerprint density at radius 2 is 1.71 bits per heavy atom. The quantitative estimate of drug-likeness (QED) is 0.159. The molecule has 14 heteroatoms. The van der Waals surface area contributed by atoms with Gasteiger partial charge in [0.2, 0.25) is 11.6 Å². The van der Waals surface area contributed by atoms with Crippen LogP contribution in [-0.4, -0.2) is 85.1 Å². The van der Waals surface area contributed by atoms with Crippen LogP contribution in [0.15, 0.2) is 72.5 Å². The predicted molar refractivity (Wildman–Crippen MR) is 156 cm³/mol. The van der Waals surface area contributed by atoms with Crippen LogP contribution >= 0.6 is 0 Å². The van der Waals surface area contributed by atoms with E-state index in [1.807, 2.05) is 0 Å². The molecule has 2 N–H and O–H groups in total. The third-order valence-corrected chi connectivity index (χ3v) is 6.75. The van der Waals surface area contributed by atoms with Crippen LogP contribution in [0.5, 0.6) is 23.1 Å². The van der Waals surface area contributed by atoms with Crippen LogP contribution in [0.1, 0.15) is 18.2 Å². The molecule has 0 aliphatic carbocycles. The Kier molecular flexibility index (Phi) is 10.4. The van der Waals surface area contributed by atoms with Gasteiger partial charge < -0.3 is 18.9 Å². The summed E-state index contributed by atoms with van der Waals surface area (Å²) in [5.41, 5.74) is 2.07. The number of anilines is 1. The van der Waals surface area contributed by atoms with Gasteiger partial charge in [0.15, 0.2) is 28.2 Å². The second-order valence-electron chi connectivity index (χ2n) is 8.22. The number of benzene rings is 1. The number of para-hydroxylation sites is 2. The van der Waals surface area contributed by atoms with Crippen molar-refractivity contribution in [2.24, 2.45) is 0 Å². The van der Waals surface area contributed by atoms with E-state index < -0.39 is 10.0 Å². The van der Waals surface area contributed by atoms with Crippen LogP contribution in [0.25, 0.3) is 17.0 Å². The van der Waals surface area contributed by atoms with Gasteiger partial charge in [0, 0.05) is 18.0 Å². The molecule has 1 aromatic carbocycles. The van der Waals surface area contributed by atoms with E-state index in [0.29, 0.717) is 16.9 Å². The molecule has 0 bridgehead atoms. The number of methoxy groups -OCH3 is 3. The molecule has 12 nitrogen and oxygen atoms in total. The van der Waals surface area contributed by atoms with E-state index >= 15 is 0 Å². The zero-order chi connectivity index (χ0) is 28.9. The summed E-state index contributed by atoms with van der Waals surface area (Å²) in [6.45, 7) is 5.63. The molecule has 0 atom stereocenters. The number of hydrogen-bond acceptors (Lipinski definition) is 11. The van der Waals surface area contributed by atoms with Crippen molar-refractivity contribution in [3.8, 4) is 34.5 Å². The molecular weight excluding hydrogens is 559 g/mol. The summed E-state index contributed by atoms with van der Waals surface area (Å²) in [5, 5.41) is 7.67. The van der Waals surface area contributed by atoms with Crippen LogP contribution in [0.3, 0.4) is 0 Å². The second-order valence-corrected chi connectivity index (χ2v) is 9.85. The number of sulfonamides is 1. The molecule has 0 saturated heterocycles. The van der Waals surface area contributed by atoms with E-state index in [1.165, 1.54) is 45.9 Å². The topological polar surface area (TPSA) is 158 Å². The van der Waals surface area contributed by atoms with Gasteiger partial charge in [0.1, 0.15) is 5.69 Å². The van der Waals surface area contributed by atoms with E-state index in [1.54, 1.807) is 43.3 Å². The number of rotatable bonds is 10. The minimum atomic E-state index is -4.25. The molecule has 0 unspecified atom stereocenters. The van der Waals surface area contributed by atoms with Crippen molar-refractivity contribution in [2.75, 3.05) is 26.1 Å². The van der Waals surface area contributed by atoms with Crippen molar-refractivity contribution in [3.63, 3.8) is 0 Å². The van der Waals surface area contributed by atoms with E-state index in [4.69, 9.17) is 24.4 Å². The Hall–Kier alpha value is -4.04.